The number of aromatic amines is 1. The number of H-pyrrole nitrogens is 1. The quantitative estimate of drug-likeness (QED) is 0.581. The summed E-state index contributed by atoms with van der Waals surface area (Å²) in [6.45, 7) is -0.422. The van der Waals surface area contributed by atoms with Gasteiger partial charge in [-0.05, 0) is 23.8 Å². The van der Waals surface area contributed by atoms with E-state index in [2.05, 4.69) is 15.6 Å². The van der Waals surface area contributed by atoms with Gasteiger partial charge >= 0.3 is 6.03 Å². The number of benzene rings is 2. The number of aromatic nitrogens is 1. The van der Waals surface area contributed by atoms with Crippen LogP contribution in [-0.4, -0.2) is 40.3 Å². The highest BCUT2D eigenvalue weighted by Crippen LogP contribution is 2.21. The fraction of sp³-hybridized carbons (Fsp3) is 0.143. The Labute approximate surface area is 166 Å². The van der Waals surface area contributed by atoms with Gasteiger partial charge in [0.05, 0.1) is 11.3 Å². The summed E-state index contributed by atoms with van der Waals surface area (Å²) in [4.78, 5) is 41.3. The van der Waals surface area contributed by atoms with E-state index < -0.39 is 30.4 Å². The first-order valence-electron chi connectivity index (χ1n) is 9.02. The third-order valence-corrected chi connectivity index (χ3v) is 4.83. The van der Waals surface area contributed by atoms with Crippen molar-refractivity contribution in [1.82, 2.24) is 15.2 Å². The van der Waals surface area contributed by atoms with Gasteiger partial charge in [0.1, 0.15) is 18.7 Å². The van der Waals surface area contributed by atoms with E-state index in [-0.39, 0.29) is 0 Å². The van der Waals surface area contributed by atoms with E-state index >= 15 is 0 Å². The Bertz CT molecular complexity index is 1160. The van der Waals surface area contributed by atoms with Gasteiger partial charge in [-0.2, -0.15) is 5.26 Å². The first-order chi connectivity index (χ1) is 14.1. The number of nitrogens with one attached hydrogen (secondary N) is 3. The van der Waals surface area contributed by atoms with Crippen LogP contribution in [0.25, 0.3) is 10.9 Å². The average Bonchev–Trinajstić information content (AvgIpc) is 3.25. The molecule has 1 saturated heterocycles. The summed E-state index contributed by atoms with van der Waals surface area (Å²) in [7, 11) is 0. The number of nitriles is 1. The number of anilines is 1. The number of imide groups is 1. The summed E-state index contributed by atoms with van der Waals surface area (Å²) in [5.74, 6) is -1.01. The van der Waals surface area contributed by atoms with Crippen molar-refractivity contribution in [3.8, 4) is 6.07 Å². The number of hydrogen-bond donors (Lipinski definition) is 3. The van der Waals surface area contributed by atoms with Crippen LogP contribution in [0.1, 0.15) is 11.1 Å². The molecule has 3 aromatic rings. The fourth-order valence-corrected chi connectivity index (χ4v) is 3.41. The highest BCUT2D eigenvalue weighted by molar-refractivity contribution is 6.08. The number of carbonyl (C=O) groups is 3. The van der Waals surface area contributed by atoms with E-state index in [0.29, 0.717) is 17.7 Å². The van der Waals surface area contributed by atoms with Crippen molar-refractivity contribution >= 4 is 34.4 Å². The number of hydrogen-bond acceptors (Lipinski definition) is 4. The summed E-state index contributed by atoms with van der Waals surface area (Å²) < 4.78 is 0. The molecule has 2 heterocycles. The lowest BCUT2D eigenvalue weighted by Gasteiger charge is -2.13. The van der Waals surface area contributed by atoms with Crippen molar-refractivity contribution in [3.05, 3.63) is 65.9 Å². The SMILES string of the molecule is N#Cc1ccccc1NC(=O)CN1C(=O)N[C@H](Cc2c[nH]c3ccccc23)C1=O. The van der Waals surface area contributed by atoms with E-state index in [1.807, 2.05) is 36.5 Å². The number of carbonyl (C=O) groups excluding carboxylic acids is 3. The minimum atomic E-state index is -0.735. The maximum Gasteiger partial charge on any atom is 0.325 e. The molecule has 1 fully saturated rings. The molecule has 2 aromatic carbocycles. The van der Waals surface area contributed by atoms with Crippen LogP contribution in [0, 0.1) is 11.3 Å². The number of urea groups is 1. The van der Waals surface area contributed by atoms with Crippen molar-refractivity contribution < 1.29 is 14.4 Å². The molecule has 1 aromatic heterocycles. The summed E-state index contributed by atoms with van der Waals surface area (Å²) >= 11 is 0. The second kappa shape index (κ2) is 7.48. The first kappa shape index (κ1) is 18.3. The van der Waals surface area contributed by atoms with Gasteiger partial charge in [-0.15, -0.1) is 0 Å². The Hall–Kier alpha value is -4.12. The van der Waals surface area contributed by atoms with Crippen molar-refractivity contribution in [3.63, 3.8) is 0 Å². The Balaban J connectivity index is 1.44. The van der Waals surface area contributed by atoms with Crippen LogP contribution in [0.15, 0.2) is 54.7 Å². The lowest BCUT2D eigenvalue weighted by atomic mass is 10.1. The lowest BCUT2D eigenvalue weighted by molar-refractivity contribution is -0.130. The molecule has 4 rings (SSSR count). The van der Waals surface area contributed by atoms with E-state index in [4.69, 9.17) is 5.26 Å². The van der Waals surface area contributed by atoms with Crippen molar-refractivity contribution in [2.45, 2.75) is 12.5 Å². The molecule has 4 amide bonds. The monoisotopic (exact) mass is 387 g/mol. The van der Waals surface area contributed by atoms with Gasteiger partial charge in [0.2, 0.25) is 5.91 Å². The minimum Gasteiger partial charge on any atom is -0.361 e. The Kier molecular flexibility index (Phi) is 4.71. The predicted octanol–water partition coefficient (Wildman–Crippen LogP) is 2.14. The standard InChI is InChI=1S/C21H17N5O3/c22-10-13-5-1-3-7-16(13)24-19(27)12-26-20(28)18(25-21(26)29)9-14-11-23-17-8-4-2-6-15(14)17/h1-8,11,18,23H,9,12H2,(H,24,27)(H,25,29)/t18-/m1/s1. The average molecular weight is 387 g/mol. The normalized spacial score (nSPS) is 16.0. The molecule has 0 unspecified atom stereocenters. The third kappa shape index (κ3) is 3.53. The lowest BCUT2D eigenvalue weighted by Crippen LogP contribution is -2.38. The number of nitrogens with zero attached hydrogens (tertiary/aromatic N) is 2. The molecule has 8 heteroatoms. The van der Waals surface area contributed by atoms with Crippen LogP contribution in [0.2, 0.25) is 0 Å². The summed E-state index contributed by atoms with van der Waals surface area (Å²) in [6, 6.07) is 14.9. The molecule has 8 nitrogen and oxygen atoms in total. The van der Waals surface area contributed by atoms with Gasteiger partial charge in [0.15, 0.2) is 0 Å². The van der Waals surface area contributed by atoms with E-state index in [9.17, 15) is 14.4 Å². The van der Waals surface area contributed by atoms with E-state index in [1.54, 1.807) is 24.3 Å². The van der Waals surface area contributed by atoms with Gasteiger partial charge in [0, 0.05) is 23.5 Å². The Morgan fingerprint density at radius 2 is 1.90 bits per heavy atom. The maximum atomic E-state index is 12.7. The fourth-order valence-electron chi connectivity index (χ4n) is 3.41. The second-order valence-corrected chi connectivity index (χ2v) is 6.70. The second-order valence-electron chi connectivity index (χ2n) is 6.70. The molecule has 0 aliphatic carbocycles. The van der Waals surface area contributed by atoms with Crippen LogP contribution in [0.4, 0.5) is 10.5 Å². The van der Waals surface area contributed by atoms with Crippen LogP contribution in [0.5, 0.6) is 0 Å². The molecule has 0 bridgehead atoms. The van der Waals surface area contributed by atoms with Gasteiger partial charge in [0.25, 0.3) is 5.91 Å². The van der Waals surface area contributed by atoms with Crippen LogP contribution >= 0.6 is 0 Å². The number of para-hydroxylation sites is 2. The zero-order chi connectivity index (χ0) is 20.4. The number of fused-ring (bicyclic) bond motifs is 1. The molecule has 0 radical (unpaired) electrons. The highest BCUT2D eigenvalue weighted by atomic mass is 16.2. The van der Waals surface area contributed by atoms with Gasteiger partial charge in [-0.3, -0.25) is 14.5 Å². The highest BCUT2D eigenvalue weighted by Gasteiger charge is 2.39. The van der Waals surface area contributed by atoms with Gasteiger partial charge in [-0.25, -0.2) is 4.79 Å². The first-order valence-corrected chi connectivity index (χ1v) is 9.02. The molecule has 3 N–H and O–H groups in total. The molecular weight excluding hydrogens is 370 g/mol. The zero-order valence-electron chi connectivity index (χ0n) is 15.3. The molecule has 0 spiro atoms. The van der Waals surface area contributed by atoms with Crippen LogP contribution in [-0.2, 0) is 16.0 Å². The molecule has 29 heavy (non-hydrogen) atoms. The molecule has 144 valence electrons. The summed E-state index contributed by atoms with van der Waals surface area (Å²) in [6.07, 6.45) is 2.14. The third-order valence-electron chi connectivity index (χ3n) is 4.83. The van der Waals surface area contributed by atoms with Crippen molar-refractivity contribution in [1.29, 1.82) is 5.26 Å². The number of amides is 4. The van der Waals surface area contributed by atoms with Crippen LogP contribution in [0.3, 0.4) is 0 Å². The van der Waals surface area contributed by atoms with Crippen molar-refractivity contribution in [2.24, 2.45) is 0 Å². The minimum absolute atomic E-state index is 0.301. The van der Waals surface area contributed by atoms with E-state index in [0.717, 1.165) is 21.4 Å². The van der Waals surface area contributed by atoms with E-state index in [1.165, 1.54) is 0 Å². The zero-order valence-corrected chi connectivity index (χ0v) is 15.3. The van der Waals surface area contributed by atoms with Gasteiger partial charge < -0.3 is 15.6 Å². The van der Waals surface area contributed by atoms with Gasteiger partial charge in [-0.1, -0.05) is 30.3 Å². The predicted molar refractivity (Wildman–Crippen MR) is 106 cm³/mol. The summed E-state index contributed by atoms with van der Waals surface area (Å²) in [5, 5.41) is 15.3. The molecular formula is C21H17N5O3. The Morgan fingerprint density at radius 3 is 2.72 bits per heavy atom. The number of rotatable bonds is 5. The molecule has 1 atom stereocenters. The van der Waals surface area contributed by atoms with Crippen molar-refractivity contribution in [2.75, 3.05) is 11.9 Å². The van der Waals surface area contributed by atoms with Crippen LogP contribution < -0.4 is 10.6 Å². The maximum absolute atomic E-state index is 12.7. The topological polar surface area (TPSA) is 118 Å². The Morgan fingerprint density at radius 1 is 1.14 bits per heavy atom. The molecule has 0 saturated carbocycles. The largest absolute Gasteiger partial charge is 0.361 e. The molecule has 1 aliphatic rings. The smallest absolute Gasteiger partial charge is 0.325 e. The molecule has 1 aliphatic heterocycles. The summed E-state index contributed by atoms with van der Waals surface area (Å²) in [5.41, 5.74) is 2.50.